The predicted octanol–water partition coefficient (Wildman–Crippen LogP) is 1.80. The number of amides is 1. The summed E-state index contributed by atoms with van der Waals surface area (Å²) in [4.78, 5) is 15.9. The molecule has 0 aliphatic heterocycles. The first-order valence-corrected chi connectivity index (χ1v) is 5.52. The summed E-state index contributed by atoms with van der Waals surface area (Å²) in [6, 6.07) is 7.35. The van der Waals surface area contributed by atoms with Crippen LogP contribution in [0.4, 0.5) is 5.69 Å². The average molecular weight is 233 g/mol. The predicted molar refractivity (Wildman–Crippen MR) is 65.2 cm³/mol. The minimum absolute atomic E-state index is 0.434. The highest BCUT2D eigenvalue weighted by atomic mass is 32.1. The number of nitrogens with two attached hydrogens (primary N) is 2. The Bertz CT molecular complexity index is 531. The number of hydrogen-bond donors (Lipinski definition) is 2. The number of primary amides is 1. The average Bonchev–Trinajstić information content (AvgIpc) is 2.61. The number of aryl methyl sites for hydroxylation is 1. The lowest BCUT2D eigenvalue weighted by molar-refractivity contribution is 0.100. The molecule has 0 spiro atoms. The first-order valence-electron chi connectivity index (χ1n) is 4.71. The Hall–Kier alpha value is -1.88. The van der Waals surface area contributed by atoms with Crippen molar-refractivity contribution >= 4 is 22.9 Å². The zero-order chi connectivity index (χ0) is 11.7. The van der Waals surface area contributed by atoms with Crippen molar-refractivity contribution in [1.82, 2.24) is 4.98 Å². The highest BCUT2D eigenvalue weighted by molar-refractivity contribution is 7.17. The van der Waals surface area contributed by atoms with Crippen LogP contribution >= 0.6 is 11.3 Å². The van der Waals surface area contributed by atoms with Gasteiger partial charge in [0.05, 0.1) is 5.69 Å². The van der Waals surface area contributed by atoms with Gasteiger partial charge in [0, 0.05) is 11.3 Å². The molecular formula is C11H11N3OS. The lowest BCUT2D eigenvalue weighted by Gasteiger charge is -1.96. The second-order valence-corrected chi connectivity index (χ2v) is 4.42. The number of rotatable bonds is 2. The molecule has 2 aromatic rings. The molecule has 0 saturated carbocycles. The second kappa shape index (κ2) is 3.94. The van der Waals surface area contributed by atoms with Crippen LogP contribution in [-0.4, -0.2) is 10.9 Å². The van der Waals surface area contributed by atoms with E-state index in [2.05, 4.69) is 4.98 Å². The first-order chi connectivity index (χ1) is 7.58. The molecule has 2 rings (SSSR count). The molecule has 5 heteroatoms. The maximum absolute atomic E-state index is 11.1. The van der Waals surface area contributed by atoms with E-state index >= 15 is 0 Å². The van der Waals surface area contributed by atoms with Crippen LogP contribution in [0.1, 0.15) is 15.4 Å². The van der Waals surface area contributed by atoms with Gasteiger partial charge in [-0.1, -0.05) is 0 Å². The van der Waals surface area contributed by atoms with Gasteiger partial charge in [0.25, 0.3) is 5.91 Å². The molecule has 0 radical (unpaired) electrons. The number of hydrogen-bond acceptors (Lipinski definition) is 4. The number of thiazole rings is 1. The van der Waals surface area contributed by atoms with Gasteiger partial charge in [-0.05, 0) is 31.2 Å². The molecule has 1 amide bonds. The molecule has 0 saturated heterocycles. The lowest BCUT2D eigenvalue weighted by atomic mass is 10.2. The SMILES string of the molecule is Cc1nc(-c2ccc(N)cc2)sc1C(N)=O. The Morgan fingerprint density at radius 1 is 1.31 bits per heavy atom. The van der Waals surface area contributed by atoms with Crippen molar-refractivity contribution in [3.63, 3.8) is 0 Å². The summed E-state index contributed by atoms with van der Waals surface area (Å²) in [6.45, 7) is 1.78. The summed E-state index contributed by atoms with van der Waals surface area (Å²) < 4.78 is 0. The second-order valence-electron chi connectivity index (χ2n) is 3.42. The van der Waals surface area contributed by atoms with E-state index in [1.165, 1.54) is 11.3 Å². The number of nitrogen functional groups attached to an aromatic ring is 1. The van der Waals surface area contributed by atoms with Gasteiger partial charge < -0.3 is 11.5 Å². The molecule has 0 fully saturated rings. The van der Waals surface area contributed by atoms with Crippen molar-refractivity contribution in [3.8, 4) is 10.6 Å². The van der Waals surface area contributed by atoms with Gasteiger partial charge in [0.1, 0.15) is 9.88 Å². The normalized spacial score (nSPS) is 10.3. The minimum Gasteiger partial charge on any atom is -0.399 e. The molecule has 1 aromatic carbocycles. The lowest BCUT2D eigenvalue weighted by Crippen LogP contribution is -2.09. The Kier molecular flexibility index (Phi) is 2.62. The van der Waals surface area contributed by atoms with Crippen LogP contribution < -0.4 is 11.5 Å². The van der Waals surface area contributed by atoms with Crippen molar-refractivity contribution in [3.05, 3.63) is 34.8 Å². The van der Waals surface area contributed by atoms with E-state index in [1.807, 2.05) is 12.1 Å². The summed E-state index contributed by atoms with van der Waals surface area (Å²) in [5.74, 6) is -0.434. The Labute approximate surface area is 96.9 Å². The van der Waals surface area contributed by atoms with E-state index in [4.69, 9.17) is 11.5 Å². The highest BCUT2D eigenvalue weighted by Crippen LogP contribution is 2.27. The van der Waals surface area contributed by atoms with Crippen molar-refractivity contribution in [1.29, 1.82) is 0 Å². The standard InChI is InChI=1S/C11H11N3OS/c1-6-9(10(13)15)16-11(14-6)7-2-4-8(12)5-3-7/h2-5H,12H2,1H3,(H2,13,15). The molecule has 4 nitrogen and oxygen atoms in total. The molecule has 0 bridgehead atoms. The number of nitrogens with zero attached hydrogens (tertiary/aromatic N) is 1. The van der Waals surface area contributed by atoms with Gasteiger partial charge in [-0.2, -0.15) is 0 Å². The van der Waals surface area contributed by atoms with E-state index in [1.54, 1.807) is 19.1 Å². The van der Waals surface area contributed by atoms with E-state index in [0.29, 0.717) is 16.3 Å². The van der Waals surface area contributed by atoms with Crippen LogP contribution in [-0.2, 0) is 0 Å². The third-order valence-corrected chi connectivity index (χ3v) is 3.40. The third-order valence-electron chi connectivity index (χ3n) is 2.18. The number of aromatic nitrogens is 1. The monoisotopic (exact) mass is 233 g/mol. The topological polar surface area (TPSA) is 82.0 Å². The molecule has 16 heavy (non-hydrogen) atoms. The first kappa shape index (κ1) is 10.6. The molecule has 1 heterocycles. The molecular weight excluding hydrogens is 222 g/mol. The molecule has 82 valence electrons. The Morgan fingerprint density at radius 3 is 2.44 bits per heavy atom. The molecule has 0 atom stereocenters. The highest BCUT2D eigenvalue weighted by Gasteiger charge is 2.13. The summed E-state index contributed by atoms with van der Waals surface area (Å²) >= 11 is 1.30. The number of anilines is 1. The summed E-state index contributed by atoms with van der Waals surface area (Å²) in [6.07, 6.45) is 0. The van der Waals surface area contributed by atoms with Crippen molar-refractivity contribution in [2.24, 2.45) is 5.73 Å². The van der Waals surface area contributed by atoms with Crippen molar-refractivity contribution in [2.75, 3.05) is 5.73 Å². The van der Waals surface area contributed by atoms with E-state index in [0.717, 1.165) is 10.6 Å². The Balaban J connectivity index is 2.45. The van der Waals surface area contributed by atoms with Gasteiger partial charge in [0.2, 0.25) is 0 Å². The quantitative estimate of drug-likeness (QED) is 0.776. The van der Waals surface area contributed by atoms with Gasteiger partial charge >= 0.3 is 0 Å². The van der Waals surface area contributed by atoms with Gasteiger partial charge in [-0.3, -0.25) is 4.79 Å². The van der Waals surface area contributed by atoms with Gasteiger partial charge in [0.15, 0.2) is 0 Å². The Morgan fingerprint density at radius 2 is 1.94 bits per heavy atom. The van der Waals surface area contributed by atoms with Crippen LogP contribution in [0.15, 0.2) is 24.3 Å². The largest absolute Gasteiger partial charge is 0.399 e. The minimum atomic E-state index is -0.434. The van der Waals surface area contributed by atoms with E-state index in [9.17, 15) is 4.79 Å². The van der Waals surface area contributed by atoms with Crippen LogP contribution in [0.5, 0.6) is 0 Å². The maximum Gasteiger partial charge on any atom is 0.260 e. The van der Waals surface area contributed by atoms with Crippen molar-refractivity contribution in [2.45, 2.75) is 6.92 Å². The molecule has 1 aromatic heterocycles. The molecule has 0 aliphatic carbocycles. The molecule has 0 unspecified atom stereocenters. The number of carbonyl (C=O) groups excluding carboxylic acids is 1. The molecule has 0 aliphatic rings. The van der Waals surface area contributed by atoms with E-state index in [-0.39, 0.29) is 0 Å². The number of carbonyl (C=O) groups is 1. The van der Waals surface area contributed by atoms with Crippen LogP contribution in [0.25, 0.3) is 10.6 Å². The van der Waals surface area contributed by atoms with E-state index < -0.39 is 5.91 Å². The van der Waals surface area contributed by atoms with Crippen molar-refractivity contribution < 1.29 is 4.79 Å². The third kappa shape index (κ3) is 1.90. The zero-order valence-corrected chi connectivity index (χ0v) is 9.54. The zero-order valence-electron chi connectivity index (χ0n) is 8.73. The van der Waals surface area contributed by atoms with Crippen LogP contribution in [0, 0.1) is 6.92 Å². The molecule has 4 N–H and O–H groups in total. The number of benzene rings is 1. The van der Waals surface area contributed by atoms with Gasteiger partial charge in [-0.25, -0.2) is 4.98 Å². The summed E-state index contributed by atoms with van der Waals surface area (Å²) in [5, 5.41) is 0.784. The fraction of sp³-hybridized carbons (Fsp3) is 0.0909. The fourth-order valence-corrected chi connectivity index (χ4v) is 2.30. The fourth-order valence-electron chi connectivity index (χ4n) is 1.37. The van der Waals surface area contributed by atoms with Crippen LogP contribution in [0.3, 0.4) is 0 Å². The summed E-state index contributed by atoms with van der Waals surface area (Å²) in [7, 11) is 0. The smallest absolute Gasteiger partial charge is 0.260 e. The van der Waals surface area contributed by atoms with Crippen LogP contribution in [0.2, 0.25) is 0 Å². The maximum atomic E-state index is 11.1. The van der Waals surface area contributed by atoms with Gasteiger partial charge in [-0.15, -0.1) is 11.3 Å². The summed E-state index contributed by atoms with van der Waals surface area (Å²) in [5.41, 5.74) is 13.1.